The van der Waals surface area contributed by atoms with E-state index in [2.05, 4.69) is 21.8 Å². The van der Waals surface area contributed by atoms with Crippen LogP contribution in [-0.2, 0) is 6.54 Å². The highest BCUT2D eigenvalue weighted by Crippen LogP contribution is 2.23. The van der Waals surface area contributed by atoms with E-state index in [1.54, 1.807) is 13.0 Å². The number of rotatable bonds is 5. The lowest BCUT2D eigenvalue weighted by molar-refractivity contribution is 0.565. The zero-order valence-electron chi connectivity index (χ0n) is 11.9. The molecule has 1 aromatic carbocycles. The Labute approximate surface area is 118 Å². The van der Waals surface area contributed by atoms with Crippen molar-refractivity contribution in [2.24, 2.45) is 0 Å². The average molecular weight is 273 g/mol. The molecule has 3 rings (SSSR count). The second-order valence-corrected chi connectivity index (χ2v) is 5.63. The largest absolute Gasteiger partial charge is 0.326 e. The molecule has 1 saturated carbocycles. The zero-order chi connectivity index (χ0) is 14.1. The van der Waals surface area contributed by atoms with Gasteiger partial charge in [-0.1, -0.05) is 12.1 Å². The molecule has 4 heteroatoms. The highest BCUT2D eigenvalue weighted by molar-refractivity contribution is 5.26. The Bertz CT molecular complexity index is 602. The van der Waals surface area contributed by atoms with Gasteiger partial charge in [-0.2, -0.15) is 0 Å². The standard InChI is InChI=1S/C16H20FN3/c1-11-3-4-13(7-16(11)17)12(2)20-10-18-8-15(20)9-19-14-5-6-14/h3-4,7-8,10,12,14,19H,5-6,9H2,1-2H3. The first-order chi connectivity index (χ1) is 9.65. The minimum Gasteiger partial charge on any atom is -0.326 e. The summed E-state index contributed by atoms with van der Waals surface area (Å²) >= 11 is 0. The maximum absolute atomic E-state index is 13.7. The molecule has 1 unspecified atom stereocenters. The van der Waals surface area contributed by atoms with Gasteiger partial charge in [-0.05, 0) is 43.9 Å². The fraction of sp³-hybridized carbons (Fsp3) is 0.438. The van der Waals surface area contributed by atoms with E-state index < -0.39 is 0 Å². The fourth-order valence-electron chi connectivity index (χ4n) is 2.38. The van der Waals surface area contributed by atoms with Crippen LogP contribution < -0.4 is 5.32 Å². The van der Waals surface area contributed by atoms with E-state index in [1.165, 1.54) is 12.8 Å². The van der Waals surface area contributed by atoms with Crippen molar-refractivity contribution in [3.05, 3.63) is 53.4 Å². The van der Waals surface area contributed by atoms with Crippen molar-refractivity contribution >= 4 is 0 Å². The molecule has 1 aliphatic carbocycles. The highest BCUT2D eigenvalue weighted by atomic mass is 19.1. The van der Waals surface area contributed by atoms with Gasteiger partial charge >= 0.3 is 0 Å². The fourth-order valence-corrected chi connectivity index (χ4v) is 2.38. The van der Waals surface area contributed by atoms with Crippen LogP contribution in [-0.4, -0.2) is 15.6 Å². The van der Waals surface area contributed by atoms with Gasteiger partial charge in [-0.3, -0.25) is 0 Å². The molecule has 3 nitrogen and oxygen atoms in total. The lowest BCUT2D eigenvalue weighted by atomic mass is 10.1. The Kier molecular flexibility index (Phi) is 3.57. The van der Waals surface area contributed by atoms with E-state index >= 15 is 0 Å². The SMILES string of the molecule is Cc1ccc(C(C)n2cncc2CNC2CC2)cc1F. The molecule has 106 valence electrons. The van der Waals surface area contributed by atoms with Crippen LogP contribution in [0.5, 0.6) is 0 Å². The van der Waals surface area contributed by atoms with Crippen LogP contribution >= 0.6 is 0 Å². The second kappa shape index (κ2) is 5.37. The molecular formula is C16H20FN3. The third-order valence-electron chi connectivity index (χ3n) is 3.99. The van der Waals surface area contributed by atoms with Gasteiger partial charge in [0, 0.05) is 18.8 Å². The minimum atomic E-state index is -0.146. The Morgan fingerprint density at radius 2 is 2.25 bits per heavy atom. The van der Waals surface area contributed by atoms with E-state index in [4.69, 9.17) is 0 Å². The number of benzene rings is 1. The predicted octanol–water partition coefficient (Wildman–Crippen LogP) is 3.19. The van der Waals surface area contributed by atoms with E-state index in [-0.39, 0.29) is 11.9 Å². The monoisotopic (exact) mass is 273 g/mol. The molecule has 0 bridgehead atoms. The molecule has 0 spiro atoms. The third kappa shape index (κ3) is 2.75. The first kappa shape index (κ1) is 13.3. The van der Waals surface area contributed by atoms with Crippen molar-refractivity contribution < 1.29 is 4.39 Å². The Morgan fingerprint density at radius 1 is 1.45 bits per heavy atom. The van der Waals surface area contributed by atoms with E-state index in [9.17, 15) is 4.39 Å². The molecule has 0 amide bonds. The molecule has 1 aromatic heterocycles. The van der Waals surface area contributed by atoms with Gasteiger partial charge < -0.3 is 9.88 Å². The third-order valence-corrected chi connectivity index (χ3v) is 3.99. The van der Waals surface area contributed by atoms with Crippen molar-refractivity contribution in [1.29, 1.82) is 0 Å². The zero-order valence-corrected chi connectivity index (χ0v) is 11.9. The Balaban J connectivity index is 1.80. The molecule has 0 aliphatic heterocycles. The smallest absolute Gasteiger partial charge is 0.126 e. The van der Waals surface area contributed by atoms with Gasteiger partial charge in [0.2, 0.25) is 0 Å². The van der Waals surface area contributed by atoms with Crippen molar-refractivity contribution in [2.45, 2.75) is 45.3 Å². The normalized spacial score (nSPS) is 16.4. The number of nitrogens with zero attached hydrogens (tertiary/aromatic N) is 2. The molecule has 1 heterocycles. The van der Waals surface area contributed by atoms with Gasteiger partial charge in [-0.15, -0.1) is 0 Å². The molecule has 1 atom stereocenters. The first-order valence-corrected chi connectivity index (χ1v) is 7.15. The molecule has 1 aliphatic rings. The maximum atomic E-state index is 13.7. The van der Waals surface area contributed by atoms with Crippen LogP contribution in [0.25, 0.3) is 0 Å². The summed E-state index contributed by atoms with van der Waals surface area (Å²) in [6.07, 6.45) is 6.25. The molecule has 2 aromatic rings. The average Bonchev–Trinajstić information content (AvgIpc) is 3.15. The quantitative estimate of drug-likeness (QED) is 0.906. The Hall–Kier alpha value is -1.68. The maximum Gasteiger partial charge on any atom is 0.126 e. The molecular weight excluding hydrogens is 253 g/mol. The van der Waals surface area contributed by atoms with Crippen LogP contribution in [0.1, 0.15) is 42.6 Å². The van der Waals surface area contributed by atoms with Crippen LogP contribution in [0.4, 0.5) is 4.39 Å². The summed E-state index contributed by atoms with van der Waals surface area (Å²) in [6, 6.07) is 6.20. The van der Waals surface area contributed by atoms with Crippen LogP contribution in [0.15, 0.2) is 30.7 Å². The number of hydrogen-bond acceptors (Lipinski definition) is 2. The van der Waals surface area contributed by atoms with Gasteiger partial charge in [0.25, 0.3) is 0 Å². The van der Waals surface area contributed by atoms with Crippen LogP contribution in [0, 0.1) is 12.7 Å². The first-order valence-electron chi connectivity index (χ1n) is 7.15. The molecule has 0 radical (unpaired) electrons. The number of aryl methyl sites for hydroxylation is 1. The summed E-state index contributed by atoms with van der Waals surface area (Å²) in [5.74, 6) is -0.146. The van der Waals surface area contributed by atoms with E-state index in [0.29, 0.717) is 11.6 Å². The summed E-state index contributed by atoms with van der Waals surface area (Å²) in [5, 5.41) is 3.49. The number of nitrogens with one attached hydrogen (secondary N) is 1. The molecule has 1 N–H and O–H groups in total. The number of hydrogen-bond donors (Lipinski definition) is 1. The summed E-state index contributed by atoms with van der Waals surface area (Å²) in [5.41, 5.74) is 2.80. The van der Waals surface area contributed by atoms with E-state index in [0.717, 1.165) is 17.8 Å². The molecule has 1 fully saturated rings. The summed E-state index contributed by atoms with van der Waals surface area (Å²) < 4.78 is 15.8. The summed E-state index contributed by atoms with van der Waals surface area (Å²) in [4.78, 5) is 4.24. The topological polar surface area (TPSA) is 29.9 Å². The van der Waals surface area contributed by atoms with Crippen molar-refractivity contribution in [3.63, 3.8) is 0 Å². The Morgan fingerprint density at radius 3 is 2.95 bits per heavy atom. The summed E-state index contributed by atoms with van der Waals surface area (Å²) in [6.45, 7) is 4.68. The van der Waals surface area contributed by atoms with Gasteiger partial charge in [0.1, 0.15) is 5.82 Å². The van der Waals surface area contributed by atoms with Crippen molar-refractivity contribution in [2.75, 3.05) is 0 Å². The predicted molar refractivity (Wildman–Crippen MR) is 77.0 cm³/mol. The number of halogens is 1. The molecule has 20 heavy (non-hydrogen) atoms. The van der Waals surface area contributed by atoms with Crippen molar-refractivity contribution in [1.82, 2.24) is 14.9 Å². The number of imidazole rings is 1. The lowest BCUT2D eigenvalue weighted by Crippen LogP contribution is -2.19. The van der Waals surface area contributed by atoms with Gasteiger partial charge in [0.15, 0.2) is 0 Å². The number of aromatic nitrogens is 2. The van der Waals surface area contributed by atoms with Crippen LogP contribution in [0.2, 0.25) is 0 Å². The van der Waals surface area contributed by atoms with E-state index in [1.807, 2.05) is 24.7 Å². The van der Waals surface area contributed by atoms with Crippen molar-refractivity contribution in [3.8, 4) is 0 Å². The van der Waals surface area contributed by atoms with Gasteiger partial charge in [0.05, 0.1) is 18.1 Å². The minimum absolute atomic E-state index is 0.0867. The van der Waals surface area contributed by atoms with Gasteiger partial charge in [-0.25, -0.2) is 9.37 Å². The lowest BCUT2D eigenvalue weighted by Gasteiger charge is -2.18. The second-order valence-electron chi connectivity index (χ2n) is 5.63. The molecule has 0 saturated heterocycles. The summed E-state index contributed by atoms with van der Waals surface area (Å²) in [7, 11) is 0. The van der Waals surface area contributed by atoms with Crippen LogP contribution in [0.3, 0.4) is 0 Å². The highest BCUT2D eigenvalue weighted by Gasteiger charge is 2.21.